The van der Waals surface area contributed by atoms with E-state index in [9.17, 15) is 22.4 Å². The Bertz CT molecular complexity index is 1590. The molecule has 0 saturated carbocycles. The van der Waals surface area contributed by atoms with Crippen LogP contribution in [-0.4, -0.2) is 23.8 Å². The first kappa shape index (κ1) is 24.9. The second-order valence-electron chi connectivity index (χ2n) is 8.22. The molecule has 0 aliphatic rings. The van der Waals surface area contributed by atoms with E-state index in [0.29, 0.717) is 22.5 Å². The highest BCUT2D eigenvalue weighted by Gasteiger charge is 2.24. The number of halogens is 1. The summed E-state index contributed by atoms with van der Waals surface area (Å²) in [4.78, 5) is 25.6. The van der Waals surface area contributed by atoms with E-state index in [2.05, 4.69) is 4.72 Å². The Hall–Kier alpha value is -4.18. The van der Waals surface area contributed by atoms with Gasteiger partial charge in [0.2, 0.25) is 0 Å². The van der Waals surface area contributed by atoms with Crippen LogP contribution in [0.3, 0.4) is 0 Å². The van der Waals surface area contributed by atoms with E-state index >= 15 is 0 Å². The molecule has 0 bridgehead atoms. The molecule has 186 valence electrons. The van der Waals surface area contributed by atoms with Crippen molar-refractivity contribution in [2.75, 3.05) is 4.72 Å². The number of benzene rings is 3. The Morgan fingerprint density at radius 3 is 2.33 bits per heavy atom. The summed E-state index contributed by atoms with van der Waals surface area (Å²) in [6, 6.07) is 18.4. The zero-order valence-electron chi connectivity index (χ0n) is 19.9. The van der Waals surface area contributed by atoms with Gasteiger partial charge < -0.3 is 4.74 Å². The number of aromatic nitrogens is 2. The van der Waals surface area contributed by atoms with Gasteiger partial charge in [-0.25, -0.2) is 22.3 Å². The van der Waals surface area contributed by atoms with Gasteiger partial charge in [0.05, 0.1) is 21.8 Å². The molecule has 0 aliphatic heterocycles. The molecule has 0 amide bonds. The molecule has 1 N–H and O–H groups in total. The summed E-state index contributed by atoms with van der Waals surface area (Å²) in [6.07, 6.45) is 0. The van der Waals surface area contributed by atoms with Crippen LogP contribution in [0.5, 0.6) is 0 Å². The van der Waals surface area contributed by atoms with Gasteiger partial charge in [0.1, 0.15) is 18.1 Å². The Balaban J connectivity index is 1.61. The number of ether oxygens (including phenoxy) is 1. The number of esters is 1. The maximum Gasteiger partial charge on any atom is 0.338 e. The highest BCUT2D eigenvalue weighted by atomic mass is 32.2. The molecule has 3 aromatic carbocycles. The van der Waals surface area contributed by atoms with Crippen LogP contribution in [0, 0.1) is 19.7 Å². The largest absolute Gasteiger partial charge is 0.457 e. The van der Waals surface area contributed by atoms with Gasteiger partial charge in [-0.15, -0.1) is 0 Å². The highest BCUT2D eigenvalue weighted by molar-refractivity contribution is 7.92. The monoisotopic (exact) mass is 509 g/mol. The van der Waals surface area contributed by atoms with Crippen molar-refractivity contribution in [1.82, 2.24) is 9.36 Å². The van der Waals surface area contributed by atoms with Gasteiger partial charge >= 0.3 is 5.97 Å². The standard InChI is InChI=1S/C26H24FN3O5S/c1-17-9-14-22(15-23(17)26(32)35-16-19-10-12-20(27)13-11-19)36(33,34)28-24-18(2)29(3)30(25(24)31)21-7-5-4-6-8-21/h4-15,28H,16H2,1-3H3. The molecule has 4 aromatic rings. The maximum atomic E-state index is 13.2. The maximum absolute atomic E-state index is 13.2. The molecule has 1 aromatic heterocycles. The van der Waals surface area contributed by atoms with Crippen LogP contribution in [0.15, 0.2) is 82.5 Å². The third-order valence-corrected chi connectivity index (χ3v) is 7.16. The fourth-order valence-corrected chi connectivity index (χ4v) is 4.82. The zero-order chi connectivity index (χ0) is 26.0. The Morgan fingerprint density at radius 2 is 1.67 bits per heavy atom. The average Bonchev–Trinajstić information content (AvgIpc) is 3.06. The molecule has 4 rings (SSSR count). The fraction of sp³-hybridized carbons (Fsp3) is 0.154. The summed E-state index contributed by atoms with van der Waals surface area (Å²) in [5.74, 6) is -1.13. The van der Waals surface area contributed by atoms with E-state index in [1.54, 1.807) is 49.8 Å². The van der Waals surface area contributed by atoms with Crippen LogP contribution >= 0.6 is 0 Å². The molecule has 0 aliphatic carbocycles. The summed E-state index contributed by atoms with van der Waals surface area (Å²) in [7, 11) is -2.56. The van der Waals surface area contributed by atoms with Gasteiger partial charge in [0.15, 0.2) is 0 Å². The molecule has 1 heterocycles. The number of nitrogens with one attached hydrogen (secondary N) is 1. The van der Waals surface area contributed by atoms with Crippen LogP contribution in [0.4, 0.5) is 10.1 Å². The number of aryl methyl sites for hydroxylation is 1. The Morgan fingerprint density at radius 1 is 1.00 bits per heavy atom. The molecule has 0 spiro atoms. The lowest BCUT2D eigenvalue weighted by Crippen LogP contribution is -2.23. The summed E-state index contributed by atoms with van der Waals surface area (Å²) in [5.41, 5.74) is 1.53. The topological polar surface area (TPSA) is 99.4 Å². The Kier molecular flexibility index (Phi) is 6.80. The lowest BCUT2D eigenvalue weighted by atomic mass is 10.1. The summed E-state index contributed by atoms with van der Waals surface area (Å²) >= 11 is 0. The predicted molar refractivity (Wildman–Crippen MR) is 133 cm³/mol. The first-order valence-electron chi connectivity index (χ1n) is 11.0. The van der Waals surface area contributed by atoms with Crippen molar-refractivity contribution in [1.29, 1.82) is 0 Å². The number of hydrogen-bond donors (Lipinski definition) is 1. The van der Waals surface area contributed by atoms with E-state index in [1.165, 1.54) is 47.1 Å². The number of carbonyl (C=O) groups excluding carboxylic acids is 1. The zero-order valence-corrected chi connectivity index (χ0v) is 20.7. The van der Waals surface area contributed by atoms with E-state index in [-0.39, 0.29) is 22.8 Å². The van der Waals surface area contributed by atoms with Crippen molar-refractivity contribution in [2.24, 2.45) is 7.05 Å². The van der Waals surface area contributed by atoms with Gasteiger partial charge in [0, 0.05) is 7.05 Å². The van der Waals surface area contributed by atoms with Crippen molar-refractivity contribution in [2.45, 2.75) is 25.3 Å². The van der Waals surface area contributed by atoms with E-state index in [0.717, 1.165) is 0 Å². The number of carbonyl (C=O) groups is 1. The smallest absolute Gasteiger partial charge is 0.338 e. The van der Waals surface area contributed by atoms with Crippen molar-refractivity contribution in [3.8, 4) is 5.69 Å². The van der Waals surface area contributed by atoms with Crippen molar-refractivity contribution in [3.63, 3.8) is 0 Å². The van der Waals surface area contributed by atoms with E-state index < -0.39 is 27.4 Å². The molecule has 0 fully saturated rings. The van der Waals surface area contributed by atoms with Crippen LogP contribution in [0.2, 0.25) is 0 Å². The molecular formula is C26H24FN3O5S. The summed E-state index contributed by atoms with van der Waals surface area (Å²) < 4.78 is 50.1. The molecular weight excluding hydrogens is 485 g/mol. The van der Waals surface area contributed by atoms with Crippen molar-refractivity contribution in [3.05, 3.63) is 111 Å². The average molecular weight is 510 g/mol. The number of anilines is 1. The minimum atomic E-state index is -4.21. The fourth-order valence-electron chi connectivity index (χ4n) is 3.67. The molecule has 10 heteroatoms. The third-order valence-electron chi connectivity index (χ3n) is 5.81. The van der Waals surface area contributed by atoms with E-state index in [1.807, 2.05) is 6.07 Å². The number of sulfonamides is 1. The highest BCUT2D eigenvalue weighted by Crippen LogP contribution is 2.22. The van der Waals surface area contributed by atoms with Gasteiger partial charge in [-0.3, -0.25) is 14.2 Å². The lowest BCUT2D eigenvalue weighted by molar-refractivity contribution is 0.0471. The van der Waals surface area contributed by atoms with Gasteiger partial charge in [0.25, 0.3) is 15.6 Å². The van der Waals surface area contributed by atoms with E-state index in [4.69, 9.17) is 4.74 Å². The first-order chi connectivity index (χ1) is 17.1. The van der Waals surface area contributed by atoms with Crippen molar-refractivity contribution < 1.29 is 22.3 Å². The summed E-state index contributed by atoms with van der Waals surface area (Å²) in [6.45, 7) is 3.18. The number of nitrogens with zero attached hydrogens (tertiary/aromatic N) is 2. The number of rotatable bonds is 7. The van der Waals surface area contributed by atoms with Crippen LogP contribution in [0.1, 0.15) is 27.2 Å². The predicted octanol–water partition coefficient (Wildman–Crippen LogP) is 4.09. The SMILES string of the molecule is Cc1ccc(S(=O)(=O)Nc2c(C)n(C)n(-c3ccccc3)c2=O)cc1C(=O)OCc1ccc(F)cc1. The molecule has 0 saturated heterocycles. The molecule has 0 radical (unpaired) electrons. The first-order valence-corrected chi connectivity index (χ1v) is 12.5. The van der Waals surface area contributed by atoms with Gasteiger partial charge in [-0.05, 0) is 61.4 Å². The minimum absolute atomic E-state index is 0.0615. The van der Waals surface area contributed by atoms with Crippen LogP contribution in [0.25, 0.3) is 5.69 Å². The van der Waals surface area contributed by atoms with Crippen molar-refractivity contribution >= 4 is 21.7 Å². The molecule has 8 nitrogen and oxygen atoms in total. The Labute approximate surface area is 207 Å². The lowest BCUT2D eigenvalue weighted by Gasteiger charge is -2.11. The van der Waals surface area contributed by atoms with Gasteiger partial charge in [-0.2, -0.15) is 0 Å². The second kappa shape index (κ2) is 9.82. The molecule has 0 atom stereocenters. The second-order valence-corrected chi connectivity index (χ2v) is 9.90. The van der Waals surface area contributed by atoms with Crippen LogP contribution in [-0.2, 0) is 28.4 Å². The number of para-hydroxylation sites is 1. The minimum Gasteiger partial charge on any atom is -0.457 e. The normalized spacial score (nSPS) is 11.3. The molecule has 36 heavy (non-hydrogen) atoms. The number of hydrogen-bond acceptors (Lipinski definition) is 5. The molecule has 0 unspecified atom stereocenters. The summed E-state index contributed by atoms with van der Waals surface area (Å²) in [5, 5.41) is 0. The van der Waals surface area contributed by atoms with Gasteiger partial charge in [-0.1, -0.05) is 36.4 Å². The quantitative estimate of drug-likeness (QED) is 0.379. The van der Waals surface area contributed by atoms with Crippen LogP contribution < -0.4 is 10.3 Å². The third kappa shape index (κ3) is 4.94.